The molecule has 244 valence electrons. The zero-order chi connectivity index (χ0) is 33.4. The van der Waals surface area contributed by atoms with E-state index >= 15 is 0 Å². The Morgan fingerprint density at radius 3 is 2.24 bits per heavy atom. The summed E-state index contributed by atoms with van der Waals surface area (Å²) < 4.78 is 2.48. The van der Waals surface area contributed by atoms with Crippen molar-refractivity contribution in [2.24, 2.45) is 5.92 Å². The molecule has 0 spiro atoms. The molecule has 0 saturated heterocycles. The highest BCUT2D eigenvalue weighted by Gasteiger charge is 2.38. The third-order valence-corrected chi connectivity index (χ3v) is 12.3. The van der Waals surface area contributed by atoms with Gasteiger partial charge in [0.25, 0.3) is 0 Å². The second-order valence-electron chi connectivity index (χ2n) is 15.4. The fraction of sp³-hybridized carbons (Fsp3) is 0.224. The summed E-state index contributed by atoms with van der Waals surface area (Å²) in [6, 6.07) is 25.0. The van der Waals surface area contributed by atoms with Gasteiger partial charge >= 0.3 is 0 Å². The molecule has 10 rings (SSSR count). The van der Waals surface area contributed by atoms with E-state index in [9.17, 15) is 0 Å². The van der Waals surface area contributed by atoms with E-state index in [0.717, 1.165) is 44.9 Å². The lowest BCUT2D eigenvalue weighted by molar-refractivity contribution is 0.649. The largest absolute Gasteiger partial charge is 0.313 e. The number of hydrogen-bond acceptors (Lipinski definition) is 0. The molecule has 0 radical (unpaired) electrons. The van der Waals surface area contributed by atoms with Crippen molar-refractivity contribution >= 4 is 38.6 Å². The maximum absolute atomic E-state index is 2.59. The Hall–Kier alpha value is -5.14. The van der Waals surface area contributed by atoms with Gasteiger partial charge < -0.3 is 4.57 Å². The van der Waals surface area contributed by atoms with Gasteiger partial charge in [0.15, 0.2) is 0 Å². The van der Waals surface area contributed by atoms with Crippen molar-refractivity contribution in [2.75, 3.05) is 0 Å². The molecule has 0 amide bonds. The van der Waals surface area contributed by atoms with Crippen LogP contribution >= 0.6 is 0 Å². The van der Waals surface area contributed by atoms with Gasteiger partial charge in [-0.3, -0.25) is 0 Å². The first-order valence-electron chi connectivity index (χ1n) is 18.7. The Bertz CT molecular complexity index is 2410. The highest BCUT2D eigenvalue weighted by molar-refractivity contribution is 6.10. The second-order valence-corrected chi connectivity index (χ2v) is 15.4. The van der Waals surface area contributed by atoms with Crippen LogP contribution < -0.4 is 0 Å². The maximum atomic E-state index is 2.59. The second kappa shape index (κ2) is 11.5. The van der Waals surface area contributed by atoms with Gasteiger partial charge in [-0.2, -0.15) is 0 Å². The molecule has 1 heteroatoms. The molecule has 1 nitrogen and oxygen atoms in total. The van der Waals surface area contributed by atoms with Gasteiger partial charge in [0.1, 0.15) is 0 Å². The Labute approximate surface area is 296 Å². The van der Waals surface area contributed by atoms with Crippen molar-refractivity contribution in [2.45, 2.75) is 64.2 Å². The molecule has 50 heavy (non-hydrogen) atoms. The van der Waals surface area contributed by atoms with Crippen LogP contribution in [-0.2, 0) is 5.41 Å². The van der Waals surface area contributed by atoms with E-state index in [2.05, 4.69) is 152 Å². The van der Waals surface area contributed by atoms with Gasteiger partial charge in [0.05, 0.1) is 11.0 Å². The summed E-state index contributed by atoms with van der Waals surface area (Å²) >= 11 is 0. The minimum absolute atomic E-state index is 0.00833. The number of para-hydroxylation sites is 2. The summed E-state index contributed by atoms with van der Waals surface area (Å²) in [5.41, 5.74) is 20.2. The molecule has 6 aliphatic rings. The van der Waals surface area contributed by atoms with Crippen LogP contribution in [0.2, 0.25) is 0 Å². The van der Waals surface area contributed by atoms with Crippen LogP contribution in [0.1, 0.15) is 75.5 Å². The van der Waals surface area contributed by atoms with E-state index in [4.69, 9.17) is 0 Å². The quantitative estimate of drug-likeness (QED) is 0.208. The zero-order valence-electron chi connectivity index (χ0n) is 29.2. The van der Waals surface area contributed by atoms with Crippen LogP contribution in [-0.4, -0.2) is 4.57 Å². The van der Waals surface area contributed by atoms with Crippen molar-refractivity contribution in [1.82, 2.24) is 4.57 Å². The molecule has 0 fully saturated rings. The summed E-state index contributed by atoms with van der Waals surface area (Å²) in [5, 5.41) is 2.66. The van der Waals surface area contributed by atoms with Gasteiger partial charge in [0, 0.05) is 27.8 Å². The van der Waals surface area contributed by atoms with E-state index in [0.29, 0.717) is 5.92 Å². The number of benzene rings is 3. The molecule has 0 N–H and O–H groups in total. The van der Waals surface area contributed by atoms with Gasteiger partial charge in [-0.1, -0.05) is 123 Å². The number of allylic oxidation sites excluding steroid dienone is 20. The minimum Gasteiger partial charge on any atom is -0.313 e. The van der Waals surface area contributed by atoms with Crippen LogP contribution in [0.5, 0.6) is 0 Å². The van der Waals surface area contributed by atoms with Crippen molar-refractivity contribution < 1.29 is 0 Å². The highest BCUT2D eigenvalue weighted by Crippen LogP contribution is 2.53. The van der Waals surface area contributed by atoms with Crippen LogP contribution in [0.3, 0.4) is 0 Å². The molecule has 4 aromatic rings. The Balaban J connectivity index is 0.938. The summed E-state index contributed by atoms with van der Waals surface area (Å²) in [5.74, 6) is 0.546. The molecular weight excluding hydrogens is 603 g/mol. The number of rotatable bonds is 4. The van der Waals surface area contributed by atoms with E-state index in [1.807, 2.05) is 0 Å². The van der Waals surface area contributed by atoms with E-state index in [1.54, 1.807) is 16.7 Å². The average molecular weight is 646 g/mol. The van der Waals surface area contributed by atoms with Crippen LogP contribution in [0.15, 0.2) is 167 Å². The zero-order valence-corrected chi connectivity index (χ0v) is 29.2. The fourth-order valence-electron chi connectivity index (χ4n) is 9.59. The molecular formula is C49H43N. The van der Waals surface area contributed by atoms with Crippen molar-refractivity contribution in [3.8, 4) is 0 Å². The van der Waals surface area contributed by atoms with Crippen LogP contribution in [0.4, 0.5) is 0 Å². The first kappa shape index (κ1) is 29.7. The minimum atomic E-state index is -0.00833. The van der Waals surface area contributed by atoms with E-state index in [-0.39, 0.29) is 5.41 Å². The predicted octanol–water partition coefficient (Wildman–Crippen LogP) is 12.9. The fourth-order valence-corrected chi connectivity index (χ4v) is 9.59. The molecule has 1 atom stereocenters. The molecule has 1 unspecified atom stereocenters. The normalized spacial score (nSPS) is 22.2. The summed E-state index contributed by atoms with van der Waals surface area (Å²) in [6.45, 7) is 4.91. The van der Waals surface area contributed by atoms with E-state index < -0.39 is 0 Å². The van der Waals surface area contributed by atoms with Gasteiger partial charge in [-0.15, -0.1) is 0 Å². The molecule has 1 heterocycles. The third kappa shape index (κ3) is 4.67. The van der Waals surface area contributed by atoms with Crippen molar-refractivity contribution in [3.63, 3.8) is 0 Å². The third-order valence-electron chi connectivity index (χ3n) is 12.3. The number of aromatic nitrogens is 1. The lowest BCUT2D eigenvalue weighted by Crippen LogP contribution is -2.18. The predicted molar refractivity (Wildman–Crippen MR) is 213 cm³/mol. The summed E-state index contributed by atoms with van der Waals surface area (Å²) in [6.07, 6.45) is 33.9. The first-order chi connectivity index (χ1) is 24.5. The SMILES string of the molecule is CC1(C)C2=C(CCC(C3=CC(C4=CCC5C=CC=CC5=C4)=CCC3)=C2)c2ccc(C3=CC=C(n4c5ccccc5c5ccccc54)CC3)cc21. The number of fused-ring (bicyclic) bond motifs is 6. The number of hydrogen-bond donors (Lipinski definition) is 0. The topological polar surface area (TPSA) is 4.93 Å². The van der Waals surface area contributed by atoms with Crippen LogP contribution in [0.25, 0.3) is 38.6 Å². The molecule has 1 aromatic heterocycles. The monoisotopic (exact) mass is 645 g/mol. The number of nitrogens with zero attached hydrogens (tertiary/aromatic N) is 1. The molecule has 0 saturated carbocycles. The maximum Gasteiger partial charge on any atom is 0.0537 e. The summed E-state index contributed by atoms with van der Waals surface area (Å²) in [4.78, 5) is 0. The Morgan fingerprint density at radius 2 is 1.44 bits per heavy atom. The first-order valence-corrected chi connectivity index (χ1v) is 18.7. The van der Waals surface area contributed by atoms with Crippen molar-refractivity contribution in [3.05, 3.63) is 184 Å². The average Bonchev–Trinajstić information content (AvgIpc) is 3.63. The Kier molecular flexibility index (Phi) is 6.82. The smallest absolute Gasteiger partial charge is 0.0537 e. The lowest BCUT2D eigenvalue weighted by Gasteiger charge is -2.28. The standard InChI is InChI=1S/C49H43N/c1-49(2)45-30-38(33-20-24-40(25-21-33)50-47-16-7-5-14-43(47)44-15-6-8-17-48(44)50)22-26-41(45)42-27-23-39(31-46(42)49)36-13-9-12-35(29-36)37-19-18-32-10-3-4-11-34(32)28-37/h3-8,10-12,14-17,19-20,22,24,26,28-32H,9,13,18,21,23,25,27H2,1-2H3. The van der Waals surface area contributed by atoms with Crippen molar-refractivity contribution in [1.29, 1.82) is 0 Å². The lowest BCUT2D eigenvalue weighted by atomic mass is 9.76. The Morgan fingerprint density at radius 1 is 0.680 bits per heavy atom. The summed E-state index contributed by atoms with van der Waals surface area (Å²) in [7, 11) is 0. The molecule has 0 bridgehead atoms. The van der Waals surface area contributed by atoms with Gasteiger partial charge in [-0.05, 0) is 130 Å². The molecule has 3 aromatic carbocycles. The molecule has 0 aliphatic heterocycles. The van der Waals surface area contributed by atoms with E-state index in [1.165, 1.54) is 72.1 Å². The van der Waals surface area contributed by atoms with Gasteiger partial charge in [-0.25, -0.2) is 0 Å². The van der Waals surface area contributed by atoms with Crippen LogP contribution in [0, 0.1) is 5.92 Å². The highest BCUT2D eigenvalue weighted by atomic mass is 15.0. The molecule has 6 aliphatic carbocycles. The van der Waals surface area contributed by atoms with Gasteiger partial charge in [0.2, 0.25) is 0 Å².